The van der Waals surface area contributed by atoms with Gasteiger partial charge in [-0.2, -0.15) is 13.2 Å². The topological polar surface area (TPSA) is 66.3 Å². The predicted octanol–water partition coefficient (Wildman–Crippen LogP) is 1.55. The van der Waals surface area contributed by atoms with Crippen LogP contribution in [-0.4, -0.2) is 33.6 Å². The lowest BCUT2D eigenvalue weighted by Crippen LogP contribution is -2.37. The molecule has 0 saturated carbocycles. The number of nitrogens with zero attached hydrogens (tertiary/aromatic N) is 3. The molecule has 2 rings (SSSR count). The second-order valence-corrected chi connectivity index (χ2v) is 3.93. The molecule has 0 aliphatic carbocycles. The molecule has 2 heterocycles. The van der Waals surface area contributed by atoms with E-state index in [1.165, 1.54) is 4.90 Å². The van der Waals surface area contributed by atoms with Crippen LogP contribution < -0.4 is 4.90 Å². The van der Waals surface area contributed by atoms with Crippen LogP contribution in [0.3, 0.4) is 0 Å². The van der Waals surface area contributed by atoms with Crippen molar-refractivity contribution in [2.24, 2.45) is 0 Å². The van der Waals surface area contributed by atoms with Gasteiger partial charge in [0.15, 0.2) is 0 Å². The first-order chi connectivity index (χ1) is 8.39. The fraction of sp³-hybridized carbons (Fsp3) is 0.500. The summed E-state index contributed by atoms with van der Waals surface area (Å²) in [6, 6.07) is -0.0940. The summed E-state index contributed by atoms with van der Waals surface area (Å²) in [7, 11) is 0. The summed E-state index contributed by atoms with van der Waals surface area (Å²) in [4.78, 5) is 19.3. The number of anilines is 1. The average molecular weight is 261 g/mol. The van der Waals surface area contributed by atoms with Crippen LogP contribution in [0.15, 0.2) is 12.3 Å². The van der Waals surface area contributed by atoms with Crippen molar-refractivity contribution in [2.75, 3.05) is 11.4 Å². The molecule has 0 unspecified atom stereocenters. The van der Waals surface area contributed by atoms with Gasteiger partial charge in [-0.25, -0.2) is 14.8 Å². The monoisotopic (exact) mass is 261 g/mol. The first-order valence-corrected chi connectivity index (χ1v) is 5.29. The first-order valence-electron chi connectivity index (χ1n) is 5.29. The highest BCUT2D eigenvalue weighted by Crippen LogP contribution is 2.29. The maximum atomic E-state index is 12.5. The van der Waals surface area contributed by atoms with Crippen molar-refractivity contribution in [3.8, 4) is 0 Å². The minimum Gasteiger partial charge on any atom is -0.480 e. The zero-order valence-electron chi connectivity index (χ0n) is 9.18. The van der Waals surface area contributed by atoms with Gasteiger partial charge in [-0.05, 0) is 18.9 Å². The van der Waals surface area contributed by atoms with Gasteiger partial charge in [0.1, 0.15) is 11.7 Å². The lowest BCUT2D eigenvalue weighted by Gasteiger charge is -2.21. The van der Waals surface area contributed by atoms with E-state index in [2.05, 4.69) is 9.97 Å². The van der Waals surface area contributed by atoms with Crippen molar-refractivity contribution >= 4 is 11.9 Å². The van der Waals surface area contributed by atoms with E-state index in [-0.39, 0.29) is 5.95 Å². The van der Waals surface area contributed by atoms with E-state index >= 15 is 0 Å². The smallest absolute Gasteiger partial charge is 0.433 e. The van der Waals surface area contributed by atoms with E-state index in [9.17, 15) is 18.0 Å². The minimum absolute atomic E-state index is 0.185. The van der Waals surface area contributed by atoms with E-state index < -0.39 is 23.9 Å². The van der Waals surface area contributed by atoms with Gasteiger partial charge in [0.05, 0.1) is 0 Å². The van der Waals surface area contributed by atoms with Crippen molar-refractivity contribution in [3.05, 3.63) is 18.0 Å². The molecule has 0 bridgehead atoms. The van der Waals surface area contributed by atoms with Crippen molar-refractivity contribution < 1.29 is 23.1 Å². The van der Waals surface area contributed by atoms with Crippen LogP contribution in [0, 0.1) is 0 Å². The van der Waals surface area contributed by atoms with Gasteiger partial charge >= 0.3 is 12.1 Å². The first kappa shape index (κ1) is 12.6. The zero-order chi connectivity index (χ0) is 13.3. The Morgan fingerprint density at radius 3 is 2.83 bits per heavy atom. The van der Waals surface area contributed by atoms with Gasteiger partial charge < -0.3 is 10.0 Å². The number of carboxylic acid groups (broad SMARTS) is 1. The fourth-order valence-electron chi connectivity index (χ4n) is 1.91. The molecule has 0 radical (unpaired) electrons. The number of aromatic nitrogens is 2. The molecule has 5 nitrogen and oxygen atoms in total. The van der Waals surface area contributed by atoms with Gasteiger partial charge in [0, 0.05) is 12.7 Å². The summed E-state index contributed by atoms with van der Waals surface area (Å²) in [5.74, 6) is -1.26. The molecular formula is C10H10F3N3O2. The average Bonchev–Trinajstić information content (AvgIpc) is 2.77. The Morgan fingerprint density at radius 1 is 1.50 bits per heavy atom. The summed E-state index contributed by atoms with van der Waals surface area (Å²) in [6.45, 7) is 0.346. The molecule has 8 heteroatoms. The zero-order valence-corrected chi connectivity index (χ0v) is 9.18. The van der Waals surface area contributed by atoms with Crippen LogP contribution in [0.4, 0.5) is 19.1 Å². The van der Waals surface area contributed by atoms with Crippen LogP contribution in [0.2, 0.25) is 0 Å². The van der Waals surface area contributed by atoms with E-state index in [0.717, 1.165) is 12.3 Å². The Hall–Kier alpha value is -1.86. The van der Waals surface area contributed by atoms with Crippen LogP contribution >= 0.6 is 0 Å². The summed E-state index contributed by atoms with van der Waals surface area (Å²) in [5.41, 5.74) is -1.07. The maximum absolute atomic E-state index is 12.5. The quantitative estimate of drug-likeness (QED) is 0.874. The third-order valence-electron chi connectivity index (χ3n) is 2.73. The summed E-state index contributed by atoms with van der Waals surface area (Å²) < 4.78 is 37.5. The Kier molecular flexibility index (Phi) is 3.10. The van der Waals surface area contributed by atoms with Crippen molar-refractivity contribution in [1.82, 2.24) is 9.97 Å². The van der Waals surface area contributed by atoms with Gasteiger partial charge in [-0.15, -0.1) is 0 Å². The molecule has 98 valence electrons. The molecule has 18 heavy (non-hydrogen) atoms. The van der Waals surface area contributed by atoms with E-state index in [1.807, 2.05) is 0 Å². The van der Waals surface area contributed by atoms with E-state index in [1.54, 1.807) is 0 Å². The Morgan fingerprint density at radius 2 is 2.22 bits per heavy atom. The third-order valence-corrected chi connectivity index (χ3v) is 2.73. The van der Waals surface area contributed by atoms with E-state index in [0.29, 0.717) is 19.4 Å². The largest absolute Gasteiger partial charge is 0.480 e. The molecule has 0 spiro atoms. The van der Waals surface area contributed by atoms with Crippen molar-refractivity contribution in [2.45, 2.75) is 25.1 Å². The molecule has 1 atom stereocenters. The number of halogens is 3. The molecule has 0 aromatic carbocycles. The number of aliphatic carboxylic acids is 1. The molecule has 1 aromatic heterocycles. The number of alkyl halides is 3. The second kappa shape index (κ2) is 4.43. The third kappa shape index (κ3) is 2.36. The molecule has 1 aliphatic heterocycles. The SMILES string of the molecule is O=C(O)[C@@H]1CCCN1c1nccc(C(F)(F)F)n1. The fourth-order valence-corrected chi connectivity index (χ4v) is 1.91. The normalized spacial score (nSPS) is 20.2. The summed E-state index contributed by atoms with van der Waals surface area (Å²) in [5, 5.41) is 8.95. The summed E-state index contributed by atoms with van der Waals surface area (Å²) in [6.07, 6.45) is -2.59. The Labute approximate surface area is 100 Å². The molecular weight excluding hydrogens is 251 g/mol. The van der Waals surface area contributed by atoms with Crippen LogP contribution in [-0.2, 0) is 11.0 Å². The van der Waals surface area contributed by atoms with Crippen LogP contribution in [0.5, 0.6) is 0 Å². The molecule has 1 fully saturated rings. The predicted molar refractivity (Wildman–Crippen MR) is 55.0 cm³/mol. The van der Waals surface area contributed by atoms with Gasteiger partial charge in [-0.1, -0.05) is 0 Å². The number of hydrogen-bond donors (Lipinski definition) is 1. The number of carboxylic acids is 1. The maximum Gasteiger partial charge on any atom is 0.433 e. The molecule has 0 amide bonds. The molecule has 1 saturated heterocycles. The number of rotatable bonds is 2. The van der Waals surface area contributed by atoms with Crippen LogP contribution in [0.1, 0.15) is 18.5 Å². The van der Waals surface area contributed by atoms with E-state index in [4.69, 9.17) is 5.11 Å². The summed E-state index contributed by atoms with van der Waals surface area (Å²) >= 11 is 0. The van der Waals surface area contributed by atoms with Crippen molar-refractivity contribution in [3.63, 3.8) is 0 Å². The highest BCUT2D eigenvalue weighted by molar-refractivity contribution is 5.78. The van der Waals surface area contributed by atoms with Crippen LogP contribution in [0.25, 0.3) is 0 Å². The number of carbonyl (C=O) groups is 1. The molecule has 1 N–H and O–H groups in total. The number of hydrogen-bond acceptors (Lipinski definition) is 4. The van der Waals surface area contributed by atoms with Crippen molar-refractivity contribution in [1.29, 1.82) is 0 Å². The Bertz CT molecular complexity index is 464. The molecule has 1 aromatic rings. The molecule has 1 aliphatic rings. The minimum atomic E-state index is -4.56. The highest BCUT2D eigenvalue weighted by Gasteiger charge is 2.36. The standard InChI is InChI=1S/C10H10F3N3O2/c11-10(12,13)7-3-4-14-9(15-7)16-5-1-2-6(16)8(17)18/h3-4,6H,1-2,5H2,(H,17,18)/t6-/m0/s1. The second-order valence-electron chi connectivity index (χ2n) is 3.93. The lowest BCUT2D eigenvalue weighted by atomic mass is 10.2. The van der Waals surface area contributed by atoms with Gasteiger partial charge in [0.25, 0.3) is 0 Å². The highest BCUT2D eigenvalue weighted by atomic mass is 19.4. The lowest BCUT2D eigenvalue weighted by molar-refractivity contribution is -0.141. The Balaban J connectivity index is 2.31. The van der Waals surface area contributed by atoms with Gasteiger partial charge in [0.2, 0.25) is 5.95 Å². The van der Waals surface area contributed by atoms with Gasteiger partial charge in [-0.3, -0.25) is 0 Å².